The van der Waals surface area contributed by atoms with E-state index in [0.717, 1.165) is 0 Å². The molecule has 5 heteroatoms. The molecule has 0 aromatic rings. The summed E-state index contributed by atoms with van der Waals surface area (Å²) in [6, 6.07) is 0. The minimum Gasteiger partial charge on any atom is -0.394 e. The molecule has 16 heavy (non-hydrogen) atoms. The number of halogens is 1. The van der Waals surface area contributed by atoms with Crippen molar-refractivity contribution >= 4 is 0 Å². The molecule has 1 atom stereocenters. The first-order valence-electron chi connectivity index (χ1n) is 5.61. The Kier molecular flexibility index (Phi) is 8.74. The Hall–Kier alpha value is -0.230. The maximum atomic E-state index is 13.2. The molecule has 0 amide bonds. The highest BCUT2D eigenvalue weighted by Crippen LogP contribution is 2.00. The van der Waals surface area contributed by atoms with Crippen LogP contribution in [0.5, 0.6) is 0 Å². The molecular weight excluding hydrogens is 213 g/mol. The van der Waals surface area contributed by atoms with E-state index in [1.807, 2.05) is 20.8 Å². The summed E-state index contributed by atoms with van der Waals surface area (Å²) in [6.07, 6.45) is -1.00. The molecule has 1 unspecified atom stereocenters. The molecule has 0 fully saturated rings. The molecule has 4 nitrogen and oxygen atoms in total. The average Bonchev–Trinajstić information content (AvgIpc) is 2.19. The predicted molar refractivity (Wildman–Crippen MR) is 61.4 cm³/mol. The fourth-order valence-corrected chi connectivity index (χ4v) is 0.972. The summed E-state index contributed by atoms with van der Waals surface area (Å²) in [6.45, 7) is 7.38. The van der Waals surface area contributed by atoms with Gasteiger partial charge in [-0.2, -0.15) is 0 Å². The van der Waals surface area contributed by atoms with E-state index in [4.69, 9.17) is 14.6 Å². The highest BCUT2D eigenvalue weighted by molar-refractivity contribution is 4.72. The van der Waals surface area contributed by atoms with E-state index in [9.17, 15) is 4.39 Å². The normalized spacial score (nSPS) is 14.1. The van der Waals surface area contributed by atoms with Gasteiger partial charge in [-0.3, -0.25) is 0 Å². The Labute approximate surface area is 97.1 Å². The van der Waals surface area contributed by atoms with Gasteiger partial charge in [-0.15, -0.1) is 0 Å². The minimum absolute atomic E-state index is 0.00123. The Morgan fingerprint density at radius 3 is 2.38 bits per heavy atom. The van der Waals surface area contributed by atoms with E-state index in [2.05, 4.69) is 5.32 Å². The fourth-order valence-electron chi connectivity index (χ4n) is 0.972. The van der Waals surface area contributed by atoms with Gasteiger partial charge < -0.3 is 19.9 Å². The van der Waals surface area contributed by atoms with Crippen molar-refractivity contribution in [2.45, 2.75) is 32.5 Å². The summed E-state index contributed by atoms with van der Waals surface area (Å²) in [5.41, 5.74) is -0.0748. The van der Waals surface area contributed by atoms with Gasteiger partial charge in [0, 0.05) is 12.1 Å². The van der Waals surface area contributed by atoms with Crippen LogP contribution in [0.25, 0.3) is 0 Å². The zero-order valence-electron chi connectivity index (χ0n) is 10.5. The molecule has 0 spiro atoms. The SMILES string of the molecule is CC(C)(C)NCC(F)COCCOCCO. The smallest absolute Gasteiger partial charge is 0.136 e. The van der Waals surface area contributed by atoms with Crippen LogP contribution in [0.3, 0.4) is 0 Å². The van der Waals surface area contributed by atoms with Crippen LogP contribution in [0.2, 0.25) is 0 Å². The predicted octanol–water partition coefficient (Wildman–Crippen LogP) is 0.738. The monoisotopic (exact) mass is 237 g/mol. The van der Waals surface area contributed by atoms with Crippen LogP contribution in [-0.2, 0) is 9.47 Å². The molecule has 0 aliphatic heterocycles. The number of hydrogen-bond acceptors (Lipinski definition) is 4. The van der Waals surface area contributed by atoms with Crippen molar-refractivity contribution in [3.63, 3.8) is 0 Å². The van der Waals surface area contributed by atoms with Crippen molar-refractivity contribution in [3.8, 4) is 0 Å². The lowest BCUT2D eigenvalue weighted by Crippen LogP contribution is -2.40. The van der Waals surface area contributed by atoms with E-state index >= 15 is 0 Å². The molecule has 0 heterocycles. The summed E-state index contributed by atoms with van der Waals surface area (Å²) in [7, 11) is 0. The van der Waals surface area contributed by atoms with E-state index in [0.29, 0.717) is 26.4 Å². The molecule has 0 bridgehead atoms. The second-order valence-electron chi connectivity index (χ2n) is 4.64. The van der Waals surface area contributed by atoms with Gasteiger partial charge in [0.05, 0.1) is 33.0 Å². The molecule has 0 rings (SSSR count). The number of alkyl halides is 1. The van der Waals surface area contributed by atoms with Crippen LogP contribution in [0.4, 0.5) is 4.39 Å². The highest BCUT2D eigenvalue weighted by atomic mass is 19.1. The van der Waals surface area contributed by atoms with Crippen molar-refractivity contribution in [1.82, 2.24) is 5.32 Å². The molecule has 0 aliphatic rings. The lowest BCUT2D eigenvalue weighted by atomic mass is 10.1. The topological polar surface area (TPSA) is 50.7 Å². The van der Waals surface area contributed by atoms with Gasteiger partial charge in [0.15, 0.2) is 0 Å². The third-order valence-electron chi connectivity index (χ3n) is 1.76. The zero-order chi connectivity index (χ0) is 12.4. The van der Waals surface area contributed by atoms with Gasteiger partial charge in [0.1, 0.15) is 6.17 Å². The van der Waals surface area contributed by atoms with Crippen molar-refractivity contribution in [2.24, 2.45) is 0 Å². The zero-order valence-corrected chi connectivity index (χ0v) is 10.5. The number of ether oxygens (including phenoxy) is 2. The van der Waals surface area contributed by atoms with Gasteiger partial charge in [-0.05, 0) is 20.8 Å². The van der Waals surface area contributed by atoms with Gasteiger partial charge in [-0.25, -0.2) is 4.39 Å². The summed E-state index contributed by atoms with van der Waals surface area (Å²) >= 11 is 0. The summed E-state index contributed by atoms with van der Waals surface area (Å²) in [4.78, 5) is 0. The summed E-state index contributed by atoms with van der Waals surface area (Å²) < 4.78 is 23.3. The third kappa shape index (κ3) is 11.8. The molecule has 98 valence electrons. The molecule has 0 aliphatic carbocycles. The summed E-state index contributed by atoms with van der Waals surface area (Å²) in [5.74, 6) is 0. The first-order chi connectivity index (χ1) is 7.45. The van der Waals surface area contributed by atoms with Gasteiger partial charge >= 0.3 is 0 Å². The maximum Gasteiger partial charge on any atom is 0.136 e. The standard InChI is InChI=1S/C11H24FNO3/c1-11(2,3)13-8-10(12)9-16-7-6-15-5-4-14/h10,13-14H,4-9H2,1-3H3. The lowest BCUT2D eigenvalue weighted by Gasteiger charge is -2.21. The molecule has 0 aromatic heterocycles. The lowest BCUT2D eigenvalue weighted by molar-refractivity contribution is 0.0159. The Balaban J connectivity index is 3.27. The van der Waals surface area contributed by atoms with Crippen LogP contribution in [-0.4, -0.2) is 56.4 Å². The molecular formula is C11H24FNO3. The van der Waals surface area contributed by atoms with Crippen molar-refractivity contribution in [2.75, 3.05) is 39.6 Å². The van der Waals surface area contributed by atoms with Gasteiger partial charge in [0.2, 0.25) is 0 Å². The first kappa shape index (κ1) is 15.8. The first-order valence-corrected chi connectivity index (χ1v) is 5.61. The van der Waals surface area contributed by atoms with E-state index in [1.165, 1.54) is 0 Å². The largest absolute Gasteiger partial charge is 0.394 e. The molecule has 0 aromatic carbocycles. The summed E-state index contributed by atoms with van der Waals surface area (Å²) in [5, 5.41) is 11.5. The van der Waals surface area contributed by atoms with Crippen molar-refractivity contribution in [3.05, 3.63) is 0 Å². The number of rotatable bonds is 9. The molecule has 2 N–H and O–H groups in total. The quantitative estimate of drug-likeness (QED) is 0.581. The number of aliphatic hydroxyl groups excluding tert-OH is 1. The number of aliphatic hydroxyl groups is 1. The minimum atomic E-state index is -1.00. The van der Waals surface area contributed by atoms with Crippen LogP contribution < -0.4 is 5.32 Å². The molecule has 0 radical (unpaired) electrons. The second-order valence-corrected chi connectivity index (χ2v) is 4.64. The third-order valence-corrected chi connectivity index (χ3v) is 1.76. The van der Waals surface area contributed by atoms with Crippen LogP contribution >= 0.6 is 0 Å². The Morgan fingerprint density at radius 2 is 1.81 bits per heavy atom. The average molecular weight is 237 g/mol. The molecule has 0 saturated heterocycles. The van der Waals surface area contributed by atoms with Crippen LogP contribution in [0.1, 0.15) is 20.8 Å². The number of nitrogens with one attached hydrogen (secondary N) is 1. The van der Waals surface area contributed by atoms with Crippen LogP contribution in [0, 0.1) is 0 Å². The van der Waals surface area contributed by atoms with Crippen molar-refractivity contribution in [1.29, 1.82) is 0 Å². The van der Waals surface area contributed by atoms with Gasteiger partial charge in [-0.1, -0.05) is 0 Å². The van der Waals surface area contributed by atoms with E-state index in [-0.39, 0.29) is 18.8 Å². The van der Waals surface area contributed by atoms with E-state index in [1.54, 1.807) is 0 Å². The van der Waals surface area contributed by atoms with Crippen LogP contribution in [0.15, 0.2) is 0 Å². The highest BCUT2D eigenvalue weighted by Gasteiger charge is 2.13. The van der Waals surface area contributed by atoms with Crippen molar-refractivity contribution < 1.29 is 19.0 Å². The Bertz CT molecular complexity index is 162. The maximum absolute atomic E-state index is 13.2. The Morgan fingerprint density at radius 1 is 1.19 bits per heavy atom. The number of hydrogen-bond donors (Lipinski definition) is 2. The van der Waals surface area contributed by atoms with Gasteiger partial charge in [0.25, 0.3) is 0 Å². The fraction of sp³-hybridized carbons (Fsp3) is 1.00. The molecule has 0 saturated carbocycles. The van der Waals surface area contributed by atoms with E-state index < -0.39 is 6.17 Å². The second kappa shape index (κ2) is 8.87.